The molecule has 0 bridgehead atoms. The van der Waals surface area contributed by atoms with Gasteiger partial charge in [-0.3, -0.25) is 4.79 Å². The van der Waals surface area contributed by atoms with E-state index < -0.39 is 17.5 Å². The Morgan fingerprint density at radius 1 is 1.33 bits per heavy atom. The van der Waals surface area contributed by atoms with Gasteiger partial charge < -0.3 is 9.84 Å². The average molecular weight is 214 g/mol. The number of ether oxygens (including phenoxy) is 1. The number of carbonyl (C=O) groups is 2. The lowest BCUT2D eigenvalue weighted by atomic mass is 10.1. The van der Waals surface area contributed by atoms with Crippen molar-refractivity contribution < 1.29 is 19.4 Å². The molecule has 0 aromatic carbocycles. The van der Waals surface area contributed by atoms with E-state index in [1.807, 2.05) is 6.92 Å². The van der Waals surface area contributed by atoms with Gasteiger partial charge in [0, 0.05) is 12.0 Å². The van der Waals surface area contributed by atoms with Crippen molar-refractivity contribution in [1.82, 2.24) is 0 Å². The van der Waals surface area contributed by atoms with Crippen LogP contribution in [0.4, 0.5) is 0 Å². The predicted octanol–water partition coefficient (Wildman–Crippen LogP) is 2.14. The summed E-state index contributed by atoms with van der Waals surface area (Å²) in [6, 6.07) is 0. The molecular weight excluding hydrogens is 196 g/mol. The summed E-state index contributed by atoms with van der Waals surface area (Å²) < 4.78 is 5.15. The number of carbonyl (C=O) groups excluding carboxylic acids is 1. The van der Waals surface area contributed by atoms with Crippen molar-refractivity contribution >= 4 is 11.9 Å². The topological polar surface area (TPSA) is 63.6 Å². The lowest BCUT2D eigenvalue weighted by Gasteiger charge is -2.23. The van der Waals surface area contributed by atoms with Crippen LogP contribution in [-0.2, 0) is 14.3 Å². The third kappa shape index (κ3) is 5.88. The summed E-state index contributed by atoms with van der Waals surface area (Å²) in [6.07, 6.45) is 0.736. The molecule has 0 radical (unpaired) electrons. The Bertz CT molecular complexity index is 266. The zero-order valence-corrected chi connectivity index (χ0v) is 9.50. The van der Waals surface area contributed by atoms with E-state index in [0.29, 0.717) is 6.42 Å². The Labute approximate surface area is 89.9 Å². The molecule has 4 nitrogen and oxygen atoms in total. The van der Waals surface area contributed by atoms with Crippen LogP contribution in [0.5, 0.6) is 0 Å². The molecule has 4 heteroatoms. The largest absolute Gasteiger partial charge is 0.481 e. The molecule has 1 N–H and O–H groups in total. The van der Waals surface area contributed by atoms with Crippen LogP contribution in [0.2, 0.25) is 0 Å². The molecular formula is C11H18O4. The van der Waals surface area contributed by atoms with E-state index in [1.165, 1.54) is 0 Å². The first-order valence-electron chi connectivity index (χ1n) is 4.91. The lowest BCUT2D eigenvalue weighted by molar-refractivity contribution is -0.151. The maximum absolute atomic E-state index is 11.4. The summed E-state index contributed by atoms with van der Waals surface area (Å²) in [6.45, 7) is 9.02. The third-order valence-electron chi connectivity index (χ3n) is 2.15. The summed E-state index contributed by atoms with van der Waals surface area (Å²) in [5.74, 6) is -1.46. The quantitative estimate of drug-likeness (QED) is 0.543. The van der Waals surface area contributed by atoms with Crippen molar-refractivity contribution in [3.8, 4) is 0 Å². The highest BCUT2D eigenvalue weighted by molar-refractivity contribution is 5.88. The molecule has 0 saturated carbocycles. The summed E-state index contributed by atoms with van der Waals surface area (Å²) in [5, 5.41) is 8.43. The Morgan fingerprint density at radius 2 is 1.87 bits per heavy atom. The zero-order valence-electron chi connectivity index (χ0n) is 9.50. The van der Waals surface area contributed by atoms with Gasteiger partial charge in [0.15, 0.2) is 0 Å². The van der Waals surface area contributed by atoms with E-state index in [2.05, 4.69) is 6.58 Å². The van der Waals surface area contributed by atoms with E-state index in [-0.39, 0.29) is 18.4 Å². The molecule has 0 aliphatic carbocycles. The number of carboxylic acids is 1. The smallest absolute Gasteiger partial charge is 0.333 e. The summed E-state index contributed by atoms with van der Waals surface area (Å²) in [7, 11) is 0. The number of aliphatic carboxylic acids is 1. The van der Waals surface area contributed by atoms with Crippen LogP contribution in [0.1, 0.15) is 40.0 Å². The average Bonchev–Trinajstić information content (AvgIpc) is 2.13. The second-order valence-electron chi connectivity index (χ2n) is 4.00. The highest BCUT2D eigenvalue weighted by Crippen LogP contribution is 2.17. The number of carboxylic acid groups (broad SMARTS) is 1. The second-order valence-corrected chi connectivity index (χ2v) is 4.00. The predicted molar refractivity (Wildman–Crippen MR) is 56.5 cm³/mol. The number of hydrogen-bond acceptors (Lipinski definition) is 3. The Balaban J connectivity index is 4.11. The van der Waals surface area contributed by atoms with Gasteiger partial charge in [-0.15, -0.1) is 0 Å². The Morgan fingerprint density at radius 3 is 2.27 bits per heavy atom. The van der Waals surface area contributed by atoms with Crippen LogP contribution < -0.4 is 0 Å². The van der Waals surface area contributed by atoms with Gasteiger partial charge in [-0.25, -0.2) is 4.79 Å². The van der Waals surface area contributed by atoms with Crippen molar-refractivity contribution in [2.24, 2.45) is 0 Å². The van der Waals surface area contributed by atoms with Gasteiger partial charge in [0.25, 0.3) is 0 Å². The minimum absolute atomic E-state index is 0.0967. The van der Waals surface area contributed by atoms with Gasteiger partial charge in [-0.05, 0) is 26.7 Å². The molecule has 0 saturated heterocycles. The Kier molecular flexibility index (Phi) is 5.05. The summed E-state index contributed by atoms with van der Waals surface area (Å²) >= 11 is 0. The molecule has 0 aliphatic heterocycles. The Hall–Kier alpha value is -1.32. The maximum Gasteiger partial charge on any atom is 0.333 e. The van der Waals surface area contributed by atoms with Crippen molar-refractivity contribution in [3.63, 3.8) is 0 Å². The molecule has 0 fully saturated rings. The van der Waals surface area contributed by atoms with Crippen LogP contribution in [0.3, 0.4) is 0 Å². The van der Waals surface area contributed by atoms with Crippen molar-refractivity contribution in [3.05, 3.63) is 12.2 Å². The molecule has 0 aromatic rings. The SMILES string of the molecule is C=C(CCC(=O)O)C(=O)OC(C)(C)CC. The molecule has 0 spiro atoms. The first-order chi connectivity index (χ1) is 6.78. The number of hydrogen-bond donors (Lipinski definition) is 1. The molecule has 15 heavy (non-hydrogen) atoms. The van der Waals surface area contributed by atoms with Crippen LogP contribution in [0.15, 0.2) is 12.2 Å². The molecule has 86 valence electrons. The van der Waals surface area contributed by atoms with Gasteiger partial charge in [0.2, 0.25) is 0 Å². The van der Waals surface area contributed by atoms with Crippen molar-refractivity contribution in [1.29, 1.82) is 0 Å². The fourth-order valence-electron chi connectivity index (χ4n) is 0.755. The highest BCUT2D eigenvalue weighted by atomic mass is 16.6. The standard InChI is InChI=1S/C11H18O4/c1-5-11(3,4)15-10(14)8(2)6-7-9(12)13/h2,5-7H2,1,3-4H3,(H,12,13). The van der Waals surface area contributed by atoms with E-state index in [9.17, 15) is 9.59 Å². The maximum atomic E-state index is 11.4. The van der Waals surface area contributed by atoms with E-state index in [1.54, 1.807) is 13.8 Å². The first kappa shape index (κ1) is 13.7. The molecule has 0 aromatic heterocycles. The molecule has 0 aliphatic rings. The van der Waals surface area contributed by atoms with E-state index >= 15 is 0 Å². The number of rotatable bonds is 6. The normalized spacial score (nSPS) is 10.9. The molecule has 0 rings (SSSR count). The summed E-state index contributed by atoms with van der Waals surface area (Å²) in [4.78, 5) is 21.7. The van der Waals surface area contributed by atoms with Crippen LogP contribution in [-0.4, -0.2) is 22.6 Å². The molecule has 0 atom stereocenters. The summed E-state index contributed by atoms with van der Waals surface area (Å²) in [5.41, 5.74) is -0.317. The monoisotopic (exact) mass is 214 g/mol. The number of esters is 1. The van der Waals surface area contributed by atoms with Crippen molar-refractivity contribution in [2.75, 3.05) is 0 Å². The van der Waals surface area contributed by atoms with Crippen molar-refractivity contribution in [2.45, 2.75) is 45.6 Å². The highest BCUT2D eigenvalue weighted by Gasteiger charge is 2.22. The third-order valence-corrected chi connectivity index (χ3v) is 2.15. The zero-order chi connectivity index (χ0) is 12.1. The first-order valence-corrected chi connectivity index (χ1v) is 4.91. The van der Waals surface area contributed by atoms with E-state index in [4.69, 9.17) is 9.84 Å². The van der Waals surface area contributed by atoms with Crippen LogP contribution in [0.25, 0.3) is 0 Å². The minimum atomic E-state index is -0.946. The molecule has 0 unspecified atom stereocenters. The van der Waals surface area contributed by atoms with Gasteiger partial charge in [0.1, 0.15) is 5.60 Å². The molecule has 0 heterocycles. The van der Waals surface area contributed by atoms with Gasteiger partial charge in [0.05, 0.1) is 0 Å². The van der Waals surface area contributed by atoms with Crippen LogP contribution in [0, 0.1) is 0 Å². The van der Waals surface area contributed by atoms with Gasteiger partial charge in [-0.1, -0.05) is 13.5 Å². The van der Waals surface area contributed by atoms with Crippen LogP contribution >= 0.6 is 0 Å². The second kappa shape index (κ2) is 5.53. The van der Waals surface area contributed by atoms with Gasteiger partial charge >= 0.3 is 11.9 Å². The lowest BCUT2D eigenvalue weighted by Crippen LogP contribution is -2.27. The van der Waals surface area contributed by atoms with E-state index in [0.717, 1.165) is 0 Å². The fourth-order valence-corrected chi connectivity index (χ4v) is 0.755. The van der Waals surface area contributed by atoms with Gasteiger partial charge in [-0.2, -0.15) is 0 Å². The molecule has 0 amide bonds. The minimum Gasteiger partial charge on any atom is -0.481 e. The fraction of sp³-hybridized carbons (Fsp3) is 0.636.